The molecule has 0 spiro atoms. The van der Waals surface area contributed by atoms with Crippen LogP contribution in [-0.2, 0) is 12.8 Å². The molecule has 0 saturated carbocycles. The Bertz CT molecular complexity index is 906. The van der Waals surface area contributed by atoms with E-state index in [1.807, 2.05) is 18.2 Å². The summed E-state index contributed by atoms with van der Waals surface area (Å²) in [5.41, 5.74) is 13.1. The molecule has 3 aromatic rings. The summed E-state index contributed by atoms with van der Waals surface area (Å²) in [6.07, 6.45) is 4.29. The normalized spacial score (nSPS) is 15.1. The molecule has 0 radical (unpaired) electrons. The lowest BCUT2D eigenvalue weighted by Gasteiger charge is -2.09. The second-order valence-electron chi connectivity index (χ2n) is 5.89. The summed E-state index contributed by atoms with van der Waals surface area (Å²) in [6, 6.07) is 16.7. The summed E-state index contributed by atoms with van der Waals surface area (Å²) in [4.78, 5) is 6.06. The maximum atomic E-state index is 5.95. The fourth-order valence-corrected chi connectivity index (χ4v) is 4.18. The molecule has 1 aromatic heterocycles. The van der Waals surface area contributed by atoms with Gasteiger partial charge in [0, 0.05) is 11.3 Å². The van der Waals surface area contributed by atoms with Crippen molar-refractivity contribution in [3.63, 3.8) is 0 Å². The van der Waals surface area contributed by atoms with Crippen LogP contribution in [0.15, 0.2) is 48.5 Å². The molecule has 2 N–H and O–H groups in total. The summed E-state index contributed by atoms with van der Waals surface area (Å²) in [7, 11) is 0. The highest BCUT2D eigenvalue weighted by Gasteiger charge is 2.21. The predicted octanol–water partition coefficient (Wildman–Crippen LogP) is 4.72. The molecule has 0 bridgehead atoms. The van der Waals surface area contributed by atoms with Crippen LogP contribution < -0.4 is 5.73 Å². The van der Waals surface area contributed by atoms with Crippen LogP contribution in [0, 0.1) is 6.92 Å². The fraction of sp³-hybridized carbons (Fsp3) is 0.150. The molecule has 2 nitrogen and oxygen atoms in total. The van der Waals surface area contributed by atoms with Crippen LogP contribution >= 0.6 is 11.3 Å². The Kier molecular flexibility index (Phi) is 3.50. The molecule has 0 saturated heterocycles. The summed E-state index contributed by atoms with van der Waals surface area (Å²) < 4.78 is 0. The van der Waals surface area contributed by atoms with E-state index in [2.05, 4.69) is 43.3 Å². The van der Waals surface area contributed by atoms with Crippen LogP contribution in [0.25, 0.3) is 11.6 Å². The lowest BCUT2D eigenvalue weighted by Crippen LogP contribution is -1.92. The maximum Gasteiger partial charge on any atom is 0.0903 e. The monoisotopic (exact) mass is 318 g/mol. The van der Waals surface area contributed by atoms with Crippen molar-refractivity contribution in [1.82, 2.24) is 4.98 Å². The molecular weight excluding hydrogens is 300 g/mol. The number of aryl methyl sites for hydroxylation is 3. The van der Waals surface area contributed by atoms with E-state index < -0.39 is 0 Å². The minimum atomic E-state index is 0.793. The van der Waals surface area contributed by atoms with Crippen LogP contribution in [0.1, 0.15) is 32.3 Å². The van der Waals surface area contributed by atoms with Gasteiger partial charge in [0.1, 0.15) is 0 Å². The van der Waals surface area contributed by atoms with Gasteiger partial charge in [-0.1, -0.05) is 36.4 Å². The number of rotatable bonds is 1. The molecule has 1 heterocycles. The Hall–Kier alpha value is -2.39. The van der Waals surface area contributed by atoms with Gasteiger partial charge in [-0.05, 0) is 54.7 Å². The molecule has 0 unspecified atom stereocenters. The number of hydrogen-bond acceptors (Lipinski definition) is 3. The molecule has 2 aromatic carbocycles. The standard InChI is InChI=1S/C20H18N2S/c1-13-22-19-10-9-15-6-2-3-8-17(15)18(20(19)23-13)12-14-5-4-7-16(21)11-14/h2-8,11-12H,9-10,21H2,1H3/b18-12+. The zero-order valence-electron chi connectivity index (χ0n) is 13.0. The highest BCUT2D eigenvalue weighted by molar-refractivity contribution is 7.13. The van der Waals surface area contributed by atoms with Crippen LogP contribution in [-0.4, -0.2) is 4.98 Å². The zero-order valence-corrected chi connectivity index (χ0v) is 13.9. The third kappa shape index (κ3) is 2.68. The van der Waals surface area contributed by atoms with Gasteiger partial charge >= 0.3 is 0 Å². The minimum Gasteiger partial charge on any atom is -0.399 e. The van der Waals surface area contributed by atoms with E-state index in [-0.39, 0.29) is 0 Å². The molecule has 0 aliphatic heterocycles. The Morgan fingerprint density at radius 2 is 1.96 bits per heavy atom. The van der Waals surface area contributed by atoms with Crippen molar-refractivity contribution in [2.45, 2.75) is 19.8 Å². The average molecular weight is 318 g/mol. The van der Waals surface area contributed by atoms with E-state index in [0.717, 1.165) is 29.1 Å². The van der Waals surface area contributed by atoms with Gasteiger partial charge < -0.3 is 5.73 Å². The number of nitrogen functional groups attached to an aromatic ring is 1. The van der Waals surface area contributed by atoms with E-state index in [9.17, 15) is 0 Å². The lowest BCUT2D eigenvalue weighted by molar-refractivity contribution is 0.924. The van der Waals surface area contributed by atoms with E-state index in [0.29, 0.717) is 0 Å². The van der Waals surface area contributed by atoms with Gasteiger partial charge in [0.15, 0.2) is 0 Å². The predicted molar refractivity (Wildman–Crippen MR) is 98.5 cm³/mol. The quantitative estimate of drug-likeness (QED) is 0.659. The SMILES string of the molecule is Cc1nc2c(s1)/C(=C/c1cccc(N)c1)c1ccccc1CC2. The van der Waals surface area contributed by atoms with Crippen LogP contribution in [0.5, 0.6) is 0 Å². The molecule has 1 aliphatic rings. The first-order valence-corrected chi connectivity index (χ1v) is 8.64. The molecule has 23 heavy (non-hydrogen) atoms. The molecule has 1 aliphatic carbocycles. The zero-order chi connectivity index (χ0) is 15.8. The fourth-order valence-electron chi connectivity index (χ4n) is 3.19. The van der Waals surface area contributed by atoms with Crippen molar-refractivity contribution < 1.29 is 0 Å². The second kappa shape index (κ2) is 5.67. The highest BCUT2D eigenvalue weighted by Crippen LogP contribution is 2.38. The first-order chi connectivity index (χ1) is 11.2. The van der Waals surface area contributed by atoms with Crippen LogP contribution in [0.4, 0.5) is 5.69 Å². The van der Waals surface area contributed by atoms with Crippen LogP contribution in [0.3, 0.4) is 0 Å². The number of nitrogens with two attached hydrogens (primary N) is 1. The van der Waals surface area contributed by atoms with Gasteiger partial charge in [-0.3, -0.25) is 0 Å². The van der Waals surface area contributed by atoms with Crippen molar-refractivity contribution in [3.8, 4) is 0 Å². The minimum absolute atomic E-state index is 0.793. The molecule has 4 rings (SSSR count). The molecule has 3 heteroatoms. The highest BCUT2D eigenvalue weighted by atomic mass is 32.1. The summed E-state index contributed by atoms with van der Waals surface area (Å²) >= 11 is 1.79. The topological polar surface area (TPSA) is 38.9 Å². The number of thiazole rings is 1. The van der Waals surface area contributed by atoms with Crippen molar-refractivity contribution >= 4 is 28.7 Å². The van der Waals surface area contributed by atoms with E-state index in [1.54, 1.807) is 11.3 Å². The number of hydrogen-bond donors (Lipinski definition) is 1. The van der Waals surface area contributed by atoms with Gasteiger partial charge in [-0.15, -0.1) is 11.3 Å². The Morgan fingerprint density at radius 1 is 1.09 bits per heavy atom. The van der Waals surface area contributed by atoms with E-state index >= 15 is 0 Å². The van der Waals surface area contributed by atoms with Crippen molar-refractivity contribution in [2.75, 3.05) is 5.73 Å². The Labute approximate surface area is 140 Å². The number of fused-ring (bicyclic) bond motifs is 2. The molecule has 0 atom stereocenters. The number of anilines is 1. The molecule has 0 fully saturated rings. The first-order valence-electron chi connectivity index (χ1n) is 7.83. The Balaban J connectivity index is 1.96. The van der Waals surface area contributed by atoms with Crippen LogP contribution in [0.2, 0.25) is 0 Å². The number of benzene rings is 2. The van der Waals surface area contributed by atoms with Crippen molar-refractivity contribution in [1.29, 1.82) is 0 Å². The van der Waals surface area contributed by atoms with E-state index in [4.69, 9.17) is 10.7 Å². The van der Waals surface area contributed by atoms with Gasteiger partial charge in [0.05, 0.1) is 15.6 Å². The first kappa shape index (κ1) is 14.2. The third-order valence-corrected chi connectivity index (χ3v) is 5.26. The smallest absolute Gasteiger partial charge is 0.0903 e. The largest absolute Gasteiger partial charge is 0.399 e. The summed E-state index contributed by atoms with van der Waals surface area (Å²) in [6.45, 7) is 2.09. The maximum absolute atomic E-state index is 5.95. The molecule has 0 amide bonds. The number of aromatic nitrogens is 1. The second-order valence-corrected chi connectivity index (χ2v) is 7.10. The number of nitrogens with zero attached hydrogens (tertiary/aromatic N) is 1. The van der Waals surface area contributed by atoms with Gasteiger partial charge in [0.2, 0.25) is 0 Å². The van der Waals surface area contributed by atoms with Gasteiger partial charge in [-0.2, -0.15) is 0 Å². The third-order valence-electron chi connectivity index (χ3n) is 4.21. The average Bonchev–Trinajstić information content (AvgIpc) is 2.85. The summed E-state index contributed by atoms with van der Waals surface area (Å²) in [5, 5.41) is 1.13. The lowest BCUT2D eigenvalue weighted by atomic mass is 9.97. The van der Waals surface area contributed by atoms with E-state index in [1.165, 1.54) is 27.3 Å². The molecular formula is C20H18N2S. The van der Waals surface area contributed by atoms with Gasteiger partial charge in [-0.25, -0.2) is 4.98 Å². The van der Waals surface area contributed by atoms with Gasteiger partial charge in [0.25, 0.3) is 0 Å². The Morgan fingerprint density at radius 3 is 2.83 bits per heavy atom. The van der Waals surface area contributed by atoms with Crippen molar-refractivity contribution in [3.05, 3.63) is 80.8 Å². The van der Waals surface area contributed by atoms with Crippen molar-refractivity contribution in [2.24, 2.45) is 0 Å². The summed E-state index contributed by atoms with van der Waals surface area (Å²) in [5.74, 6) is 0. The molecule has 114 valence electrons.